The Morgan fingerprint density at radius 3 is 2.71 bits per heavy atom. The highest BCUT2D eigenvalue weighted by Crippen LogP contribution is 2.26. The number of aromatic nitrogens is 2. The lowest BCUT2D eigenvalue weighted by Gasteiger charge is -2.04. The zero-order valence-corrected chi connectivity index (χ0v) is 10.1. The number of benzene rings is 1. The Bertz CT molecular complexity index is 520. The fourth-order valence-electron chi connectivity index (χ4n) is 1.41. The summed E-state index contributed by atoms with van der Waals surface area (Å²) in [4.78, 5) is 15.9. The zero-order chi connectivity index (χ0) is 12.3. The molecule has 0 bridgehead atoms. The lowest BCUT2D eigenvalue weighted by atomic mass is 10.2. The third-order valence-electron chi connectivity index (χ3n) is 2.33. The fourth-order valence-corrected chi connectivity index (χ4v) is 2.32. The van der Waals surface area contributed by atoms with Gasteiger partial charge < -0.3 is 9.67 Å². The topological polar surface area (TPSA) is 55.1 Å². The summed E-state index contributed by atoms with van der Waals surface area (Å²) in [6.07, 6.45) is 3.69. The molecule has 0 aliphatic carbocycles. The van der Waals surface area contributed by atoms with E-state index in [0.717, 1.165) is 16.6 Å². The van der Waals surface area contributed by atoms with Crippen LogP contribution in [-0.4, -0.2) is 20.6 Å². The van der Waals surface area contributed by atoms with Gasteiger partial charge in [-0.1, -0.05) is 11.8 Å². The molecule has 0 aliphatic rings. The smallest absolute Gasteiger partial charge is 0.335 e. The van der Waals surface area contributed by atoms with Crippen LogP contribution in [0.2, 0.25) is 0 Å². The highest BCUT2D eigenvalue weighted by Gasteiger charge is 2.05. The minimum absolute atomic E-state index is 0.299. The number of hydrogen-bond acceptors (Lipinski definition) is 3. The van der Waals surface area contributed by atoms with Gasteiger partial charge in [0.1, 0.15) is 0 Å². The molecular formula is C12H12N2O2S. The Morgan fingerprint density at radius 2 is 2.12 bits per heavy atom. The summed E-state index contributed by atoms with van der Waals surface area (Å²) in [6, 6.07) is 6.79. The van der Waals surface area contributed by atoms with Gasteiger partial charge in [-0.2, -0.15) is 0 Å². The number of hydrogen-bond donors (Lipinski definition) is 1. The van der Waals surface area contributed by atoms with Gasteiger partial charge in [0, 0.05) is 23.8 Å². The Kier molecular flexibility index (Phi) is 3.49. The van der Waals surface area contributed by atoms with E-state index in [1.807, 2.05) is 10.8 Å². The van der Waals surface area contributed by atoms with Crippen molar-refractivity contribution in [2.75, 3.05) is 0 Å². The quantitative estimate of drug-likeness (QED) is 0.904. The highest BCUT2D eigenvalue weighted by molar-refractivity contribution is 7.99. The summed E-state index contributed by atoms with van der Waals surface area (Å²) < 4.78 is 2.04. The Labute approximate surface area is 103 Å². The van der Waals surface area contributed by atoms with Crippen molar-refractivity contribution in [2.24, 2.45) is 0 Å². The van der Waals surface area contributed by atoms with Gasteiger partial charge in [-0.05, 0) is 31.2 Å². The number of nitrogens with zero attached hydrogens (tertiary/aromatic N) is 2. The van der Waals surface area contributed by atoms with Crippen molar-refractivity contribution in [2.45, 2.75) is 23.5 Å². The van der Waals surface area contributed by atoms with E-state index < -0.39 is 5.97 Å². The fraction of sp³-hybridized carbons (Fsp3) is 0.167. The number of aryl methyl sites for hydroxylation is 1. The van der Waals surface area contributed by atoms with E-state index >= 15 is 0 Å². The maximum atomic E-state index is 10.7. The van der Waals surface area contributed by atoms with Gasteiger partial charge in [0.05, 0.1) is 5.56 Å². The van der Waals surface area contributed by atoms with Gasteiger partial charge in [-0.3, -0.25) is 0 Å². The minimum Gasteiger partial charge on any atom is -0.478 e. The number of carboxylic acids is 1. The second-order valence-corrected chi connectivity index (χ2v) is 4.47. The van der Waals surface area contributed by atoms with Crippen LogP contribution < -0.4 is 0 Å². The summed E-state index contributed by atoms with van der Waals surface area (Å²) in [7, 11) is 0. The molecule has 2 aromatic rings. The first-order chi connectivity index (χ1) is 8.20. The second kappa shape index (κ2) is 5.05. The van der Waals surface area contributed by atoms with Crippen molar-refractivity contribution in [3.8, 4) is 0 Å². The van der Waals surface area contributed by atoms with Crippen LogP contribution in [-0.2, 0) is 6.54 Å². The second-order valence-electron chi connectivity index (χ2n) is 3.43. The van der Waals surface area contributed by atoms with Crippen LogP contribution in [0.4, 0.5) is 0 Å². The molecule has 0 saturated heterocycles. The van der Waals surface area contributed by atoms with Crippen LogP contribution in [0.15, 0.2) is 46.7 Å². The maximum Gasteiger partial charge on any atom is 0.335 e. The zero-order valence-electron chi connectivity index (χ0n) is 9.33. The average molecular weight is 248 g/mol. The van der Waals surface area contributed by atoms with Gasteiger partial charge in [0.15, 0.2) is 5.16 Å². The van der Waals surface area contributed by atoms with Crippen LogP contribution in [0, 0.1) is 0 Å². The molecule has 1 aromatic heterocycles. The van der Waals surface area contributed by atoms with Crippen molar-refractivity contribution in [1.82, 2.24) is 9.55 Å². The van der Waals surface area contributed by atoms with Crippen LogP contribution in [0.5, 0.6) is 0 Å². The standard InChI is InChI=1S/C12H12N2O2S/c1-2-14-8-7-13-12(14)17-10-5-3-9(4-6-10)11(15)16/h3-8H,2H2,1H3,(H,15,16). The largest absolute Gasteiger partial charge is 0.478 e. The summed E-state index contributed by atoms with van der Waals surface area (Å²) in [6.45, 7) is 2.93. The first-order valence-corrected chi connectivity index (χ1v) is 6.04. The number of carboxylic acid groups (broad SMARTS) is 1. The average Bonchev–Trinajstić information content (AvgIpc) is 2.77. The molecule has 0 aliphatic heterocycles. The predicted octanol–water partition coefficient (Wildman–Crippen LogP) is 2.75. The Hall–Kier alpha value is -1.75. The van der Waals surface area contributed by atoms with E-state index in [4.69, 9.17) is 5.11 Å². The molecule has 88 valence electrons. The molecule has 4 nitrogen and oxygen atoms in total. The number of rotatable bonds is 4. The van der Waals surface area contributed by atoms with Gasteiger partial charge in [-0.15, -0.1) is 0 Å². The molecule has 2 rings (SSSR count). The summed E-state index contributed by atoms with van der Waals surface area (Å²) >= 11 is 1.52. The molecule has 5 heteroatoms. The summed E-state index contributed by atoms with van der Waals surface area (Å²) in [5, 5.41) is 9.70. The predicted molar refractivity (Wildman–Crippen MR) is 65.4 cm³/mol. The minimum atomic E-state index is -0.906. The monoisotopic (exact) mass is 248 g/mol. The van der Waals surface area contributed by atoms with E-state index in [2.05, 4.69) is 11.9 Å². The van der Waals surface area contributed by atoms with E-state index in [0.29, 0.717) is 5.56 Å². The molecule has 0 amide bonds. The number of aromatic carboxylic acids is 1. The van der Waals surface area contributed by atoms with E-state index in [9.17, 15) is 4.79 Å². The normalized spacial score (nSPS) is 10.4. The molecule has 0 atom stereocenters. The number of carbonyl (C=O) groups is 1. The Morgan fingerprint density at radius 1 is 1.41 bits per heavy atom. The molecule has 1 N–H and O–H groups in total. The van der Waals surface area contributed by atoms with E-state index in [1.54, 1.807) is 30.5 Å². The van der Waals surface area contributed by atoms with E-state index in [1.165, 1.54) is 11.8 Å². The van der Waals surface area contributed by atoms with Crippen LogP contribution >= 0.6 is 11.8 Å². The van der Waals surface area contributed by atoms with Gasteiger partial charge in [0.2, 0.25) is 0 Å². The van der Waals surface area contributed by atoms with Crippen molar-refractivity contribution in [1.29, 1.82) is 0 Å². The summed E-state index contributed by atoms with van der Waals surface area (Å²) in [5.74, 6) is -0.906. The molecular weight excluding hydrogens is 236 g/mol. The van der Waals surface area contributed by atoms with Crippen LogP contribution in [0.3, 0.4) is 0 Å². The molecule has 0 spiro atoms. The third kappa shape index (κ3) is 2.68. The van der Waals surface area contributed by atoms with Crippen molar-refractivity contribution in [3.05, 3.63) is 42.2 Å². The SMILES string of the molecule is CCn1ccnc1Sc1ccc(C(=O)O)cc1. The molecule has 0 radical (unpaired) electrons. The van der Waals surface area contributed by atoms with Crippen molar-refractivity contribution >= 4 is 17.7 Å². The summed E-state index contributed by atoms with van der Waals surface area (Å²) in [5.41, 5.74) is 0.299. The lowest BCUT2D eigenvalue weighted by Crippen LogP contribution is -1.96. The Balaban J connectivity index is 2.16. The van der Waals surface area contributed by atoms with Gasteiger partial charge >= 0.3 is 5.97 Å². The molecule has 0 unspecified atom stereocenters. The molecule has 17 heavy (non-hydrogen) atoms. The van der Waals surface area contributed by atoms with E-state index in [-0.39, 0.29) is 0 Å². The van der Waals surface area contributed by atoms with Gasteiger partial charge in [0.25, 0.3) is 0 Å². The van der Waals surface area contributed by atoms with Crippen molar-refractivity contribution < 1.29 is 9.90 Å². The third-order valence-corrected chi connectivity index (χ3v) is 3.36. The highest BCUT2D eigenvalue weighted by atomic mass is 32.2. The first kappa shape index (κ1) is 11.7. The molecule has 1 aromatic carbocycles. The maximum absolute atomic E-state index is 10.7. The van der Waals surface area contributed by atoms with Crippen molar-refractivity contribution in [3.63, 3.8) is 0 Å². The number of imidazole rings is 1. The first-order valence-electron chi connectivity index (χ1n) is 5.23. The van der Waals surface area contributed by atoms with Crippen LogP contribution in [0.25, 0.3) is 0 Å². The molecule has 1 heterocycles. The van der Waals surface area contributed by atoms with Gasteiger partial charge in [-0.25, -0.2) is 9.78 Å². The molecule has 0 fully saturated rings. The van der Waals surface area contributed by atoms with Crippen LogP contribution in [0.1, 0.15) is 17.3 Å². The molecule has 0 saturated carbocycles. The lowest BCUT2D eigenvalue weighted by molar-refractivity contribution is 0.0697.